The van der Waals surface area contributed by atoms with Gasteiger partial charge in [-0.25, -0.2) is 18.4 Å². The molecule has 1 aromatic heterocycles. The third-order valence-electron chi connectivity index (χ3n) is 4.45. The largest absolute Gasteiger partial charge is 0.447 e. The summed E-state index contributed by atoms with van der Waals surface area (Å²) in [6.07, 6.45) is -0.361. The maximum atomic E-state index is 13.8. The fourth-order valence-electron chi connectivity index (χ4n) is 3.07. The Hall–Kier alpha value is -3.24. The molecular weight excluding hydrogens is 364 g/mol. The van der Waals surface area contributed by atoms with Crippen molar-refractivity contribution in [2.45, 2.75) is 12.6 Å². The third-order valence-corrected chi connectivity index (χ3v) is 4.45. The molecule has 9 nitrogen and oxygen atoms in total. The minimum atomic E-state index is -0.819. The Kier molecular flexibility index (Phi) is 4.34. The van der Waals surface area contributed by atoms with Crippen molar-refractivity contribution in [3.8, 4) is 11.5 Å². The first-order valence-electron chi connectivity index (χ1n) is 8.26. The molecule has 4 rings (SSSR count). The second-order valence-electron chi connectivity index (χ2n) is 6.14. The van der Waals surface area contributed by atoms with Crippen LogP contribution in [0.25, 0.3) is 11.5 Å². The van der Waals surface area contributed by atoms with Crippen LogP contribution in [0.5, 0.6) is 0 Å². The van der Waals surface area contributed by atoms with E-state index in [0.717, 1.165) is 12.1 Å². The Morgan fingerprint density at radius 2 is 2.07 bits per heavy atom. The maximum Gasteiger partial charge on any atom is 0.410 e. The quantitative estimate of drug-likeness (QED) is 0.864. The average Bonchev–Trinajstić information content (AvgIpc) is 3.26. The number of rotatable bonds is 3. The Morgan fingerprint density at radius 1 is 1.30 bits per heavy atom. The van der Waals surface area contributed by atoms with Gasteiger partial charge in [-0.3, -0.25) is 4.90 Å². The number of carbonyl (C=O) groups is 2. The molecule has 2 aromatic rings. The Balaban J connectivity index is 1.36. The van der Waals surface area contributed by atoms with Crippen LogP contribution < -0.4 is 5.32 Å². The highest BCUT2D eigenvalue weighted by molar-refractivity contribution is 5.75. The fraction of sp³-hybridized carbons (Fsp3) is 0.375. The summed E-state index contributed by atoms with van der Waals surface area (Å²) in [7, 11) is 0. The first-order chi connectivity index (χ1) is 13.0. The van der Waals surface area contributed by atoms with Crippen LogP contribution in [0.4, 0.5) is 18.4 Å². The smallest absolute Gasteiger partial charge is 0.410 e. The van der Waals surface area contributed by atoms with Gasteiger partial charge in [-0.15, -0.1) is 0 Å². The highest BCUT2D eigenvalue weighted by Gasteiger charge is 2.38. The summed E-state index contributed by atoms with van der Waals surface area (Å²) < 4.78 is 37.4. The van der Waals surface area contributed by atoms with Crippen molar-refractivity contribution in [1.82, 2.24) is 25.3 Å². The molecule has 1 atom stereocenters. The lowest BCUT2D eigenvalue weighted by molar-refractivity contribution is 0.127. The van der Waals surface area contributed by atoms with Crippen LogP contribution in [0.2, 0.25) is 0 Å². The topological polar surface area (TPSA) is 101 Å². The zero-order chi connectivity index (χ0) is 19.0. The van der Waals surface area contributed by atoms with Crippen molar-refractivity contribution in [1.29, 1.82) is 0 Å². The standard InChI is InChI=1S/C16H15F2N5O4/c17-10-2-1-3-11(18)13(10)14-20-12(21-27-14)6-19-15(24)22-4-5-23-9(7-22)8-26-16(23)25/h1-3,9H,4-8H2,(H,19,24)/t9-/m0/s1. The number of fused-ring (bicyclic) bond motifs is 1. The van der Waals surface area contributed by atoms with Gasteiger partial charge in [-0.1, -0.05) is 11.2 Å². The molecule has 0 bridgehead atoms. The van der Waals surface area contributed by atoms with Crippen LogP contribution in [-0.4, -0.2) is 64.3 Å². The lowest BCUT2D eigenvalue weighted by Crippen LogP contribution is -2.55. The van der Waals surface area contributed by atoms with Gasteiger partial charge in [0.1, 0.15) is 23.8 Å². The summed E-state index contributed by atoms with van der Waals surface area (Å²) in [4.78, 5) is 30.8. The van der Waals surface area contributed by atoms with E-state index in [1.165, 1.54) is 6.07 Å². The van der Waals surface area contributed by atoms with Crippen molar-refractivity contribution in [2.24, 2.45) is 0 Å². The number of benzene rings is 1. The van der Waals surface area contributed by atoms with Crippen LogP contribution >= 0.6 is 0 Å². The van der Waals surface area contributed by atoms with E-state index in [1.54, 1.807) is 9.80 Å². The van der Waals surface area contributed by atoms with Crippen molar-refractivity contribution >= 4 is 12.1 Å². The van der Waals surface area contributed by atoms with Gasteiger partial charge in [-0.05, 0) is 12.1 Å². The molecule has 142 valence electrons. The lowest BCUT2D eigenvalue weighted by Gasteiger charge is -2.35. The second-order valence-corrected chi connectivity index (χ2v) is 6.14. The summed E-state index contributed by atoms with van der Waals surface area (Å²) in [6, 6.07) is 2.88. The molecule has 2 aliphatic heterocycles. The van der Waals surface area contributed by atoms with Crippen LogP contribution in [0.3, 0.4) is 0 Å². The normalized spacial score (nSPS) is 19.0. The van der Waals surface area contributed by atoms with E-state index in [2.05, 4.69) is 15.5 Å². The van der Waals surface area contributed by atoms with Crippen molar-refractivity contribution in [2.75, 3.05) is 26.2 Å². The number of ether oxygens (including phenoxy) is 1. The molecule has 1 N–H and O–H groups in total. The molecule has 2 saturated heterocycles. The van der Waals surface area contributed by atoms with Crippen LogP contribution in [0.1, 0.15) is 5.82 Å². The van der Waals surface area contributed by atoms with Gasteiger partial charge in [0.05, 0.1) is 12.6 Å². The number of urea groups is 1. The van der Waals surface area contributed by atoms with E-state index in [0.29, 0.717) is 19.6 Å². The Labute approximate surface area is 151 Å². The SMILES string of the molecule is O=C(NCc1noc(-c2c(F)cccc2F)n1)N1CCN2C(=O)OC[C@@H]2C1. The van der Waals surface area contributed by atoms with E-state index < -0.39 is 17.2 Å². The number of hydrogen-bond donors (Lipinski definition) is 1. The molecule has 3 amide bonds. The van der Waals surface area contributed by atoms with Crippen molar-refractivity contribution < 1.29 is 27.6 Å². The summed E-state index contributed by atoms with van der Waals surface area (Å²) in [5.41, 5.74) is -0.412. The number of nitrogens with zero attached hydrogens (tertiary/aromatic N) is 4. The van der Waals surface area contributed by atoms with E-state index in [9.17, 15) is 18.4 Å². The van der Waals surface area contributed by atoms with Gasteiger partial charge in [0.25, 0.3) is 5.89 Å². The minimum Gasteiger partial charge on any atom is -0.447 e. The molecule has 0 spiro atoms. The van der Waals surface area contributed by atoms with Crippen LogP contribution in [0, 0.1) is 11.6 Å². The number of hydrogen-bond acceptors (Lipinski definition) is 6. The number of cyclic esters (lactones) is 1. The van der Waals surface area contributed by atoms with E-state index in [-0.39, 0.29) is 43.0 Å². The summed E-state index contributed by atoms with van der Waals surface area (Å²) in [5.74, 6) is -1.86. The van der Waals surface area contributed by atoms with Gasteiger partial charge in [-0.2, -0.15) is 4.98 Å². The molecular formula is C16H15F2N5O4. The fourth-order valence-corrected chi connectivity index (χ4v) is 3.07. The van der Waals surface area contributed by atoms with Gasteiger partial charge < -0.3 is 19.5 Å². The highest BCUT2D eigenvalue weighted by Crippen LogP contribution is 2.24. The second kappa shape index (κ2) is 6.82. The molecule has 0 unspecified atom stereocenters. The monoisotopic (exact) mass is 379 g/mol. The lowest BCUT2D eigenvalue weighted by atomic mass is 10.2. The van der Waals surface area contributed by atoms with Gasteiger partial charge in [0.15, 0.2) is 5.82 Å². The number of piperazine rings is 1. The van der Waals surface area contributed by atoms with Gasteiger partial charge in [0, 0.05) is 19.6 Å². The molecule has 2 fully saturated rings. The van der Waals surface area contributed by atoms with Crippen molar-refractivity contribution in [3.05, 3.63) is 35.7 Å². The zero-order valence-corrected chi connectivity index (χ0v) is 14.0. The molecule has 0 radical (unpaired) electrons. The van der Waals surface area contributed by atoms with Crippen molar-refractivity contribution in [3.63, 3.8) is 0 Å². The molecule has 11 heteroatoms. The number of carbonyl (C=O) groups excluding carboxylic acids is 2. The zero-order valence-electron chi connectivity index (χ0n) is 14.0. The first-order valence-corrected chi connectivity index (χ1v) is 8.26. The van der Waals surface area contributed by atoms with E-state index in [1.807, 2.05) is 0 Å². The molecule has 1 aromatic carbocycles. The number of amides is 3. The molecule has 3 heterocycles. The van der Waals surface area contributed by atoms with E-state index >= 15 is 0 Å². The molecule has 27 heavy (non-hydrogen) atoms. The third kappa shape index (κ3) is 3.27. The molecule has 0 saturated carbocycles. The number of nitrogens with one attached hydrogen (secondary N) is 1. The predicted octanol–water partition coefficient (Wildman–Crippen LogP) is 1.36. The van der Waals surface area contributed by atoms with Gasteiger partial charge >= 0.3 is 12.1 Å². The summed E-state index contributed by atoms with van der Waals surface area (Å²) in [5, 5.41) is 6.25. The average molecular weight is 379 g/mol. The Bertz CT molecular complexity index is 869. The Morgan fingerprint density at radius 3 is 2.85 bits per heavy atom. The van der Waals surface area contributed by atoms with Gasteiger partial charge in [0.2, 0.25) is 0 Å². The predicted molar refractivity (Wildman–Crippen MR) is 85.3 cm³/mol. The molecule has 0 aliphatic carbocycles. The summed E-state index contributed by atoms with van der Waals surface area (Å²) in [6.45, 7) is 1.31. The van der Waals surface area contributed by atoms with Crippen LogP contribution in [-0.2, 0) is 11.3 Å². The summed E-state index contributed by atoms with van der Waals surface area (Å²) >= 11 is 0. The highest BCUT2D eigenvalue weighted by atomic mass is 19.1. The van der Waals surface area contributed by atoms with E-state index in [4.69, 9.17) is 9.26 Å². The first kappa shape index (κ1) is 17.2. The minimum absolute atomic E-state index is 0.0707. The number of halogens is 2. The van der Waals surface area contributed by atoms with Crippen LogP contribution in [0.15, 0.2) is 22.7 Å². The maximum absolute atomic E-state index is 13.8. The number of aromatic nitrogens is 2. The molecule has 2 aliphatic rings.